The van der Waals surface area contributed by atoms with E-state index in [1.54, 1.807) is 6.92 Å². The smallest absolute Gasteiger partial charge is 0.236 e. The van der Waals surface area contributed by atoms with Gasteiger partial charge in [0.1, 0.15) is 0 Å². The van der Waals surface area contributed by atoms with Crippen molar-refractivity contribution in [2.24, 2.45) is 5.73 Å². The molecule has 0 aromatic heterocycles. The minimum Gasteiger partial charge on any atom is -0.379 e. The summed E-state index contributed by atoms with van der Waals surface area (Å²) in [5, 5.41) is 2.88. The summed E-state index contributed by atoms with van der Waals surface area (Å²) in [6.45, 7) is 8.01. The second kappa shape index (κ2) is 6.05. The van der Waals surface area contributed by atoms with Gasteiger partial charge in [-0.2, -0.15) is 0 Å². The van der Waals surface area contributed by atoms with E-state index in [4.69, 9.17) is 10.5 Å². The molecular formula is C10H21N3O2. The van der Waals surface area contributed by atoms with Crippen molar-refractivity contribution in [1.29, 1.82) is 0 Å². The summed E-state index contributed by atoms with van der Waals surface area (Å²) in [7, 11) is 0. The summed E-state index contributed by atoms with van der Waals surface area (Å²) >= 11 is 0. The summed E-state index contributed by atoms with van der Waals surface area (Å²) in [5.74, 6) is -0.0873. The summed E-state index contributed by atoms with van der Waals surface area (Å²) in [5.41, 5.74) is 5.47. The molecule has 1 saturated heterocycles. The fourth-order valence-corrected chi connectivity index (χ4v) is 1.59. The first kappa shape index (κ1) is 12.4. The quantitative estimate of drug-likeness (QED) is 0.642. The average molecular weight is 215 g/mol. The molecule has 1 unspecified atom stereocenters. The van der Waals surface area contributed by atoms with Gasteiger partial charge < -0.3 is 15.8 Å². The standard InChI is InChI=1S/C10H21N3O2/c1-8(12-10(14)9(2)11)7-13-3-5-15-6-4-13/h8-9H,3-7,11H2,1-2H3,(H,12,14)/t8?,9-/m0/s1. The number of nitrogens with one attached hydrogen (secondary N) is 1. The summed E-state index contributed by atoms with van der Waals surface area (Å²) in [6.07, 6.45) is 0. The van der Waals surface area contributed by atoms with Crippen LogP contribution >= 0.6 is 0 Å². The van der Waals surface area contributed by atoms with E-state index in [0.29, 0.717) is 0 Å². The Bertz CT molecular complexity index is 203. The van der Waals surface area contributed by atoms with Gasteiger partial charge in [0.05, 0.1) is 19.3 Å². The lowest BCUT2D eigenvalue weighted by Crippen LogP contribution is -2.49. The summed E-state index contributed by atoms with van der Waals surface area (Å²) < 4.78 is 5.25. The zero-order chi connectivity index (χ0) is 11.3. The van der Waals surface area contributed by atoms with Crippen LogP contribution in [0.1, 0.15) is 13.8 Å². The number of rotatable bonds is 4. The van der Waals surface area contributed by atoms with Crippen molar-refractivity contribution in [3.8, 4) is 0 Å². The van der Waals surface area contributed by atoms with Crippen molar-refractivity contribution in [1.82, 2.24) is 10.2 Å². The maximum atomic E-state index is 11.3. The Morgan fingerprint density at radius 2 is 2.07 bits per heavy atom. The molecule has 0 aromatic rings. The maximum Gasteiger partial charge on any atom is 0.236 e. The van der Waals surface area contributed by atoms with Crippen LogP contribution in [0.25, 0.3) is 0 Å². The van der Waals surface area contributed by atoms with E-state index in [0.717, 1.165) is 32.8 Å². The molecule has 0 aliphatic carbocycles. The highest BCUT2D eigenvalue weighted by Crippen LogP contribution is 1.98. The fourth-order valence-electron chi connectivity index (χ4n) is 1.59. The third kappa shape index (κ3) is 4.59. The number of carbonyl (C=O) groups excluding carboxylic acids is 1. The van der Waals surface area contributed by atoms with Crippen LogP contribution in [0.3, 0.4) is 0 Å². The van der Waals surface area contributed by atoms with Crippen molar-refractivity contribution in [2.45, 2.75) is 25.9 Å². The lowest BCUT2D eigenvalue weighted by molar-refractivity contribution is -0.122. The van der Waals surface area contributed by atoms with E-state index < -0.39 is 6.04 Å². The molecule has 5 nitrogen and oxygen atoms in total. The fraction of sp³-hybridized carbons (Fsp3) is 0.900. The molecule has 1 aliphatic rings. The van der Waals surface area contributed by atoms with E-state index in [2.05, 4.69) is 10.2 Å². The molecule has 1 rings (SSSR count). The first-order valence-electron chi connectivity index (χ1n) is 5.45. The molecule has 0 spiro atoms. The third-order valence-corrected chi connectivity index (χ3v) is 2.44. The van der Waals surface area contributed by atoms with E-state index >= 15 is 0 Å². The van der Waals surface area contributed by atoms with Crippen molar-refractivity contribution < 1.29 is 9.53 Å². The Hall–Kier alpha value is -0.650. The molecule has 0 saturated carbocycles. The van der Waals surface area contributed by atoms with Gasteiger partial charge in [-0.25, -0.2) is 0 Å². The number of hydrogen-bond donors (Lipinski definition) is 2. The number of nitrogens with zero attached hydrogens (tertiary/aromatic N) is 1. The van der Waals surface area contributed by atoms with Crippen molar-refractivity contribution >= 4 is 5.91 Å². The number of amides is 1. The molecule has 88 valence electrons. The van der Waals surface area contributed by atoms with Crippen LogP contribution in [-0.2, 0) is 9.53 Å². The highest BCUT2D eigenvalue weighted by atomic mass is 16.5. The van der Waals surface area contributed by atoms with Gasteiger partial charge in [0.25, 0.3) is 0 Å². The van der Waals surface area contributed by atoms with E-state index in [-0.39, 0.29) is 11.9 Å². The normalized spacial score (nSPS) is 22.1. The maximum absolute atomic E-state index is 11.3. The molecular weight excluding hydrogens is 194 g/mol. The predicted molar refractivity (Wildman–Crippen MR) is 58.5 cm³/mol. The topological polar surface area (TPSA) is 67.6 Å². The Morgan fingerprint density at radius 3 is 2.60 bits per heavy atom. The third-order valence-electron chi connectivity index (χ3n) is 2.44. The molecule has 15 heavy (non-hydrogen) atoms. The first-order valence-corrected chi connectivity index (χ1v) is 5.45. The second-order valence-corrected chi connectivity index (χ2v) is 4.11. The number of hydrogen-bond acceptors (Lipinski definition) is 4. The lowest BCUT2D eigenvalue weighted by atomic mass is 10.2. The van der Waals surface area contributed by atoms with Crippen molar-refractivity contribution in [3.05, 3.63) is 0 Å². The molecule has 0 radical (unpaired) electrons. The molecule has 2 atom stereocenters. The molecule has 1 aliphatic heterocycles. The highest BCUT2D eigenvalue weighted by molar-refractivity contribution is 5.81. The van der Waals surface area contributed by atoms with Gasteiger partial charge in [-0.3, -0.25) is 9.69 Å². The summed E-state index contributed by atoms with van der Waals surface area (Å²) in [6, 6.07) is -0.293. The van der Waals surface area contributed by atoms with Gasteiger partial charge in [0.2, 0.25) is 5.91 Å². The van der Waals surface area contributed by atoms with Gasteiger partial charge in [0.15, 0.2) is 0 Å². The molecule has 1 heterocycles. The Labute approximate surface area is 90.9 Å². The molecule has 5 heteroatoms. The monoisotopic (exact) mass is 215 g/mol. The van der Waals surface area contributed by atoms with Crippen molar-refractivity contribution in [2.75, 3.05) is 32.8 Å². The van der Waals surface area contributed by atoms with Gasteiger partial charge in [0, 0.05) is 25.7 Å². The zero-order valence-corrected chi connectivity index (χ0v) is 9.53. The zero-order valence-electron chi connectivity index (χ0n) is 9.53. The van der Waals surface area contributed by atoms with Crippen LogP contribution in [0, 0.1) is 0 Å². The largest absolute Gasteiger partial charge is 0.379 e. The molecule has 1 fully saturated rings. The van der Waals surface area contributed by atoms with Gasteiger partial charge in [-0.05, 0) is 13.8 Å². The van der Waals surface area contributed by atoms with E-state index in [1.807, 2.05) is 6.92 Å². The predicted octanol–water partition coefficient (Wildman–Crippen LogP) is -0.829. The second-order valence-electron chi connectivity index (χ2n) is 4.11. The Kier molecular flexibility index (Phi) is 5.01. The van der Waals surface area contributed by atoms with Gasteiger partial charge >= 0.3 is 0 Å². The number of nitrogens with two attached hydrogens (primary N) is 1. The first-order chi connectivity index (χ1) is 7.09. The Morgan fingerprint density at radius 1 is 1.47 bits per heavy atom. The number of morpholine rings is 1. The van der Waals surface area contributed by atoms with Gasteiger partial charge in [-0.15, -0.1) is 0 Å². The van der Waals surface area contributed by atoms with Crippen LogP contribution in [0.5, 0.6) is 0 Å². The lowest BCUT2D eigenvalue weighted by Gasteiger charge is -2.29. The van der Waals surface area contributed by atoms with Crippen LogP contribution in [0.2, 0.25) is 0 Å². The van der Waals surface area contributed by atoms with Crippen LogP contribution in [0.15, 0.2) is 0 Å². The SMILES string of the molecule is CC(CN1CCOCC1)NC(=O)[C@H](C)N. The highest BCUT2D eigenvalue weighted by Gasteiger charge is 2.16. The molecule has 0 aromatic carbocycles. The molecule has 0 bridgehead atoms. The summed E-state index contributed by atoms with van der Waals surface area (Å²) in [4.78, 5) is 13.6. The molecule has 3 N–H and O–H groups in total. The number of carbonyl (C=O) groups is 1. The van der Waals surface area contributed by atoms with Crippen molar-refractivity contribution in [3.63, 3.8) is 0 Å². The van der Waals surface area contributed by atoms with Crippen LogP contribution < -0.4 is 11.1 Å². The average Bonchev–Trinajstić information content (AvgIpc) is 2.18. The van der Waals surface area contributed by atoms with E-state index in [9.17, 15) is 4.79 Å². The minimum absolute atomic E-state index is 0.0873. The number of ether oxygens (including phenoxy) is 1. The van der Waals surface area contributed by atoms with Gasteiger partial charge in [-0.1, -0.05) is 0 Å². The van der Waals surface area contributed by atoms with E-state index in [1.165, 1.54) is 0 Å². The van der Waals surface area contributed by atoms with Crippen LogP contribution in [-0.4, -0.2) is 55.7 Å². The Balaban J connectivity index is 2.22. The minimum atomic E-state index is -0.433. The van der Waals surface area contributed by atoms with Crippen LogP contribution in [0.4, 0.5) is 0 Å². The molecule has 1 amide bonds.